The third-order valence-electron chi connectivity index (χ3n) is 3.62. The largest absolute Gasteiger partial charge is 0.247 e. The Kier molecular flexibility index (Phi) is 4.36. The summed E-state index contributed by atoms with van der Waals surface area (Å²) in [7, 11) is -3.49. The molecule has 1 aliphatic rings. The lowest BCUT2D eigenvalue weighted by Crippen LogP contribution is -2.25. The zero-order valence-corrected chi connectivity index (χ0v) is 14.6. The monoisotopic (exact) mass is 368 g/mol. The molecule has 0 radical (unpaired) electrons. The minimum absolute atomic E-state index is 0.394. The second-order valence-corrected chi connectivity index (χ2v) is 8.08. The number of nitrogens with zero attached hydrogens (tertiary/aromatic N) is 2. The van der Waals surface area contributed by atoms with Gasteiger partial charge < -0.3 is 0 Å². The van der Waals surface area contributed by atoms with Gasteiger partial charge in [-0.1, -0.05) is 47.5 Å². The highest BCUT2D eigenvalue weighted by atomic mass is 35.5. The van der Waals surface area contributed by atoms with Crippen molar-refractivity contribution in [3.8, 4) is 0 Å². The summed E-state index contributed by atoms with van der Waals surface area (Å²) in [5.41, 5.74) is 2.38. The van der Waals surface area contributed by atoms with Crippen molar-refractivity contribution in [3.05, 3.63) is 69.7 Å². The van der Waals surface area contributed by atoms with Gasteiger partial charge in [0, 0.05) is 16.5 Å². The highest BCUT2D eigenvalue weighted by molar-refractivity contribution is 7.88. The Morgan fingerprint density at radius 1 is 1.09 bits per heavy atom. The fourth-order valence-electron chi connectivity index (χ4n) is 2.57. The van der Waals surface area contributed by atoms with Gasteiger partial charge in [0.1, 0.15) is 0 Å². The lowest BCUT2D eigenvalue weighted by Gasteiger charge is -2.21. The van der Waals surface area contributed by atoms with E-state index in [0.717, 1.165) is 21.8 Å². The first kappa shape index (κ1) is 16.3. The van der Waals surface area contributed by atoms with Gasteiger partial charge in [-0.3, -0.25) is 0 Å². The zero-order chi connectivity index (χ0) is 16.6. The van der Waals surface area contributed by atoms with Crippen LogP contribution >= 0.6 is 23.2 Å². The van der Waals surface area contributed by atoms with E-state index in [1.165, 1.54) is 0 Å². The molecule has 4 nitrogen and oxygen atoms in total. The molecule has 120 valence electrons. The number of halogens is 2. The van der Waals surface area contributed by atoms with Crippen LogP contribution in [-0.4, -0.2) is 24.8 Å². The maximum absolute atomic E-state index is 12.1. The van der Waals surface area contributed by atoms with E-state index in [1.54, 1.807) is 30.3 Å². The van der Waals surface area contributed by atoms with Crippen molar-refractivity contribution in [3.63, 3.8) is 0 Å². The highest BCUT2D eigenvalue weighted by Crippen LogP contribution is 2.35. The molecule has 0 spiro atoms. The lowest BCUT2D eigenvalue weighted by molar-refractivity contribution is 0.375. The van der Waals surface area contributed by atoms with Crippen LogP contribution in [0.1, 0.15) is 23.6 Å². The Bertz CT molecular complexity index is 864. The zero-order valence-electron chi connectivity index (χ0n) is 12.3. The van der Waals surface area contributed by atoms with E-state index in [1.807, 2.05) is 18.2 Å². The third kappa shape index (κ3) is 3.52. The van der Waals surface area contributed by atoms with Crippen molar-refractivity contribution in [2.24, 2.45) is 5.10 Å². The van der Waals surface area contributed by atoms with Gasteiger partial charge in [-0.2, -0.15) is 9.52 Å². The number of hydrazone groups is 1. The number of benzene rings is 2. The molecule has 1 heterocycles. The molecule has 0 fully saturated rings. The van der Waals surface area contributed by atoms with Gasteiger partial charge in [-0.25, -0.2) is 8.42 Å². The molecule has 23 heavy (non-hydrogen) atoms. The standard InChI is InChI=1S/C16H14Cl2N2O2S/c1-23(21,22)20-16(12-3-2-4-14(18)9-12)10-15(19-20)11-5-7-13(17)8-6-11/h2-9,16H,10H2,1H3/t16-/m0/s1. The van der Waals surface area contributed by atoms with Gasteiger partial charge >= 0.3 is 0 Å². The third-order valence-corrected chi connectivity index (χ3v) is 5.13. The minimum Gasteiger partial charge on any atom is -0.205 e. The van der Waals surface area contributed by atoms with E-state index in [2.05, 4.69) is 5.10 Å². The molecule has 7 heteroatoms. The SMILES string of the molecule is CS(=O)(=O)N1N=C(c2ccc(Cl)cc2)C[C@H]1c1cccc(Cl)c1. The van der Waals surface area contributed by atoms with Crippen LogP contribution in [0.3, 0.4) is 0 Å². The van der Waals surface area contributed by atoms with E-state index in [0.29, 0.717) is 22.2 Å². The Morgan fingerprint density at radius 3 is 2.39 bits per heavy atom. The molecule has 1 aliphatic heterocycles. The normalized spacial score (nSPS) is 18.1. The van der Waals surface area contributed by atoms with Crippen LogP contribution in [0.15, 0.2) is 53.6 Å². The average Bonchev–Trinajstić information content (AvgIpc) is 2.93. The molecule has 0 saturated carbocycles. The van der Waals surface area contributed by atoms with E-state index in [-0.39, 0.29) is 0 Å². The first-order valence-corrected chi connectivity index (χ1v) is 9.53. The number of hydrogen-bond donors (Lipinski definition) is 0. The molecule has 0 aliphatic carbocycles. The predicted octanol–water partition coefficient (Wildman–Crippen LogP) is 4.10. The number of hydrogen-bond acceptors (Lipinski definition) is 3. The number of sulfonamides is 1. The van der Waals surface area contributed by atoms with Crippen molar-refractivity contribution in [1.82, 2.24) is 4.41 Å². The fourth-order valence-corrected chi connectivity index (χ4v) is 3.80. The van der Waals surface area contributed by atoms with E-state index >= 15 is 0 Å². The molecule has 1 atom stereocenters. The summed E-state index contributed by atoms with van der Waals surface area (Å²) < 4.78 is 25.4. The number of rotatable bonds is 3. The molecule has 0 aromatic heterocycles. The predicted molar refractivity (Wildman–Crippen MR) is 93.5 cm³/mol. The molecule has 0 amide bonds. The van der Waals surface area contributed by atoms with Gasteiger partial charge in [-0.15, -0.1) is 0 Å². The second-order valence-electron chi connectivity index (χ2n) is 5.36. The van der Waals surface area contributed by atoms with Crippen molar-refractivity contribution < 1.29 is 8.42 Å². The maximum atomic E-state index is 12.1. The first-order valence-electron chi connectivity index (χ1n) is 6.93. The minimum atomic E-state index is -3.49. The Balaban J connectivity index is 2.01. The van der Waals surface area contributed by atoms with Crippen molar-refractivity contribution in [2.75, 3.05) is 6.26 Å². The molecule has 0 bridgehead atoms. The summed E-state index contributed by atoms with van der Waals surface area (Å²) in [6.45, 7) is 0. The summed E-state index contributed by atoms with van der Waals surface area (Å²) in [5, 5.41) is 5.51. The van der Waals surface area contributed by atoms with Gasteiger partial charge in [0.15, 0.2) is 0 Å². The summed E-state index contributed by atoms with van der Waals surface area (Å²) in [5.74, 6) is 0. The quantitative estimate of drug-likeness (QED) is 0.818. The van der Waals surface area contributed by atoms with Crippen molar-refractivity contribution >= 4 is 38.9 Å². The van der Waals surface area contributed by atoms with Gasteiger partial charge in [-0.05, 0) is 35.4 Å². The van der Waals surface area contributed by atoms with Crippen molar-refractivity contribution in [1.29, 1.82) is 0 Å². The van der Waals surface area contributed by atoms with Gasteiger partial charge in [0.25, 0.3) is 0 Å². The maximum Gasteiger partial charge on any atom is 0.247 e. The molecule has 2 aromatic rings. The summed E-state index contributed by atoms with van der Waals surface area (Å²) in [6.07, 6.45) is 1.63. The second kappa shape index (κ2) is 6.15. The van der Waals surface area contributed by atoms with Crippen LogP contribution in [0.25, 0.3) is 0 Å². The molecule has 0 unspecified atom stereocenters. The Hall–Kier alpha value is -1.56. The fraction of sp³-hybridized carbons (Fsp3) is 0.188. The van der Waals surface area contributed by atoms with Gasteiger partial charge in [0.2, 0.25) is 10.0 Å². The van der Waals surface area contributed by atoms with E-state index in [9.17, 15) is 8.42 Å². The van der Waals surface area contributed by atoms with Crippen LogP contribution in [-0.2, 0) is 10.0 Å². The van der Waals surface area contributed by atoms with Crippen LogP contribution in [0.5, 0.6) is 0 Å². The molecule has 3 rings (SSSR count). The van der Waals surface area contributed by atoms with Gasteiger partial charge in [0.05, 0.1) is 18.0 Å². The summed E-state index contributed by atoms with van der Waals surface area (Å²) in [4.78, 5) is 0. The first-order chi connectivity index (χ1) is 10.8. The van der Waals surface area contributed by atoms with Crippen LogP contribution in [0.2, 0.25) is 10.0 Å². The van der Waals surface area contributed by atoms with Crippen molar-refractivity contribution in [2.45, 2.75) is 12.5 Å². The topological polar surface area (TPSA) is 49.7 Å². The Labute approximate surface area is 145 Å². The molecular formula is C16H14Cl2N2O2S. The van der Waals surface area contributed by atoms with E-state index in [4.69, 9.17) is 23.2 Å². The molecule has 0 N–H and O–H groups in total. The summed E-state index contributed by atoms with van der Waals surface area (Å²) >= 11 is 11.9. The smallest absolute Gasteiger partial charge is 0.205 e. The average molecular weight is 369 g/mol. The Morgan fingerprint density at radius 2 is 1.78 bits per heavy atom. The van der Waals surface area contributed by atoms with Crippen LogP contribution < -0.4 is 0 Å². The molecular weight excluding hydrogens is 355 g/mol. The van der Waals surface area contributed by atoms with E-state index < -0.39 is 16.1 Å². The van der Waals surface area contributed by atoms with Crippen LogP contribution in [0.4, 0.5) is 0 Å². The van der Waals surface area contributed by atoms with Crippen LogP contribution in [0, 0.1) is 0 Å². The molecule has 2 aromatic carbocycles. The highest BCUT2D eigenvalue weighted by Gasteiger charge is 2.34. The molecule has 0 saturated heterocycles. The lowest BCUT2D eigenvalue weighted by atomic mass is 9.99. The summed E-state index contributed by atoms with van der Waals surface area (Å²) in [6, 6.07) is 14.0.